The first-order valence-electron chi connectivity index (χ1n) is 3.63. The molecule has 1 rings (SSSR count). The van der Waals surface area contributed by atoms with Crippen LogP contribution in [0.1, 0.15) is 0 Å². The third kappa shape index (κ3) is 1.98. The van der Waals surface area contributed by atoms with Crippen molar-refractivity contribution in [2.75, 3.05) is 7.11 Å². The second kappa shape index (κ2) is 3.86. The molecule has 0 aromatic heterocycles. The predicted octanol–water partition coefficient (Wildman–Crippen LogP) is 1.65. The van der Waals surface area contributed by atoms with Crippen molar-refractivity contribution < 1.29 is 19.0 Å². The Balaban J connectivity index is 3.52. The fourth-order valence-corrected chi connectivity index (χ4v) is 1.05. The summed E-state index contributed by atoms with van der Waals surface area (Å²) in [6, 6.07) is 1.12. The molecule has 0 amide bonds. The molecule has 15 heavy (non-hydrogen) atoms. The zero-order valence-electron chi connectivity index (χ0n) is 7.47. The molecular weight excluding hydrogens is 211 g/mol. The zero-order valence-corrected chi connectivity index (χ0v) is 7.47. The predicted molar refractivity (Wildman–Crippen MR) is 46.3 cm³/mol. The average Bonchev–Trinajstić information content (AvgIpc) is 2.16. The summed E-state index contributed by atoms with van der Waals surface area (Å²) in [5, 5.41) is 20.9. The van der Waals surface area contributed by atoms with Crippen LogP contribution in [0.3, 0.4) is 0 Å². The third-order valence-corrected chi connectivity index (χ3v) is 1.61. The van der Waals surface area contributed by atoms with Crippen LogP contribution in [0.5, 0.6) is 5.75 Å². The number of hydrogen-bond acceptors (Lipinski definition) is 5. The lowest BCUT2D eigenvalue weighted by atomic mass is 10.2. The topological polar surface area (TPSA) is 95.5 Å². The molecule has 0 saturated carbocycles. The molecule has 8 heteroatoms. The van der Waals surface area contributed by atoms with Crippen LogP contribution in [0.4, 0.5) is 15.8 Å². The average molecular weight is 216 g/mol. The SMILES string of the molecule is COc1c([N+](=O)[O-])cc(F)cc1[N+](=O)[O-]. The number of benzene rings is 1. The summed E-state index contributed by atoms with van der Waals surface area (Å²) in [6.07, 6.45) is 0. The summed E-state index contributed by atoms with van der Waals surface area (Å²) in [5.74, 6) is -1.62. The molecular formula is C7H5FN2O5. The van der Waals surface area contributed by atoms with E-state index >= 15 is 0 Å². The summed E-state index contributed by atoms with van der Waals surface area (Å²) in [6.45, 7) is 0. The largest absolute Gasteiger partial charge is 0.485 e. The number of rotatable bonds is 3. The summed E-state index contributed by atoms with van der Waals surface area (Å²) in [4.78, 5) is 19.0. The highest BCUT2D eigenvalue weighted by Gasteiger charge is 2.27. The number of nitro groups is 2. The molecule has 80 valence electrons. The van der Waals surface area contributed by atoms with E-state index in [1.807, 2.05) is 0 Å². The van der Waals surface area contributed by atoms with E-state index in [0.29, 0.717) is 12.1 Å². The van der Waals surface area contributed by atoms with Crippen LogP contribution < -0.4 is 4.74 Å². The minimum absolute atomic E-state index is 0.561. The Morgan fingerprint density at radius 1 is 1.20 bits per heavy atom. The van der Waals surface area contributed by atoms with Gasteiger partial charge in [-0.05, 0) is 0 Å². The highest BCUT2D eigenvalue weighted by molar-refractivity contribution is 5.60. The van der Waals surface area contributed by atoms with Crippen LogP contribution in [-0.2, 0) is 0 Å². The highest BCUT2D eigenvalue weighted by Crippen LogP contribution is 2.36. The number of halogens is 1. The van der Waals surface area contributed by atoms with E-state index in [2.05, 4.69) is 4.74 Å². The number of nitrogens with zero attached hydrogens (tertiary/aromatic N) is 2. The fraction of sp³-hybridized carbons (Fsp3) is 0.143. The minimum atomic E-state index is -1.06. The Morgan fingerprint density at radius 3 is 1.87 bits per heavy atom. The molecule has 1 aromatic carbocycles. The molecule has 0 atom stereocenters. The van der Waals surface area contributed by atoms with Crippen LogP contribution in [0, 0.1) is 26.0 Å². The Bertz CT molecular complexity index is 398. The standard InChI is InChI=1S/C7H5FN2O5/c1-15-7-5(9(11)12)2-4(8)3-6(7)10(13)14/h2-3H,1H3. The summed E-state index contributed by atoms with van der Waals surface area (Å²) >= 11 is 0. The molecule has 0 fully saturated rings. The zero-order chi connectivity index (χ0) is 11.6. The van der Waals surface area contributed by atoms with Gasteiger partial charge in [-0.15, -0.1) is 0 Å². The van der Waals surface area contributed by atoms with Gasteiger partial charge in [-0.3, -0.25) is 20.2 Å². The smallest absolute Gasteiger partial charge is 0.321 e. The second-order valence-corrected chi connectivity index (χ2v) is 2.49. The van der Waals surface area contributed by atoms with Crippen molar-refractivity contribution in [3.63, 3.8) is 0 Å². The summed E-state index contributed by atoms with van der Waals surface area (Å²) in [5.41, 5.74) is -1.55. The Kier molecular flexibility index (Phi) is 2.79. The lowest BCUT2D eigenvalue weighted by Crippen LogP contribution is -1.99. The van der Waals surface area contributed by atoms with Gasteiger partial charge in [-0.1, -0.05) is 0 Å². The molecule has 0 saturated heterocycles. The van der Waals surface area contributed by atoms with Crippen LogP contribution >= 0.6 is 0 Å². The molecule has 0 aliphatic rings. The summed E-state index contributed by atoms with van der Waals surface area (Å²) < 4.78 is 17.3. The molecule has 1 aromatic rings. The van der Waals surface area contributed by atoms with Gasteiger partial charge in [0, 0.05) is 0 Å². The quantitative estimate of drug-likeness (QED) is 0.565. The van der Waals surface area contributed by atoms with Gasteiger partial charge in [0.1, 0.15) is 5.82 Å². The minimum Gasteiger partial charge on any atom is -0.485 e. The van der Waals surface area contributed by atoms with Crippen LogP contribution in [0.2, 0.25) is 0 Å². The van der Waals surface area contributed by atoms with E-state index in [-0.39, 0.29) is 0 Å². The number of nitro benzene ring substituents is 2. The first kappa shape index (κ1) is 10.8. The molecule has 0 heterocycles. The van der Waals surface area contributed by atoms with Crippen LogP contribution in [0.25, 0.3) is 0 Å². The van der Waals surface area contributed by atoms with E-state index in [4.69, 9.17) is 0 Å². The van der Waals surface area contributed by atoms with Gasteiger partial charge in [-0.2, -0.15) is 0 Å². The van der Waals surface area contributed by atoms with Gasteiger partial charge in [0.2, 0.25) is 0 Å². The van der Waals surface area contributed by atoms with Gasteiger partial charge in [-0.25, -0.2) is 4.39 Å². The maximum atomic E-state index is 12.8. The number of methoxy groups -OCH3 is 1. The number of hydrogen-bond donors (Lipinski definition) is 0. The monoisotopic (exact) mass is 216 g/mol. The maximum Gasteiger partial charge on any atom is 0.321 e. The van der Waals surface area contributed by atoms with Gasteiger partial charge in [0.05, 0.1) is 29.1 Å². The molecule has 0 spiro atoms. The fourth-order valence-electron chi connectivity index (χ4n) is 1.05. The van der Waals surface area contributed by atoms with Crippen molar-refractivity contribution in [1.82, 2.24) is 0 Å². The van der Waals surface area contributed by atoms with Gasteiger partial charge >= 0.3 is 11.4 Å². The maximum absolute atomic E-state index is 12.8. The van der Waals surface area contributed by atoms with Gasteiger partial charge < -0.3 is 4.74 Å². The first-order chi connectivity index (χ1) is 6.97. The Labute approximate surface area is 82.4 Å². The van der Waals surface area contributed by atoms with E-state index in [1.54, 1.807) is 0 Å². The van der Waals surface area contributed by atoms with Crippen LogP contribution in [0.15, 0.2) is 12.1 Å². The first-order valence-corrected chi connectivity index (χ1v) is 3.63. The van der Waals surface area contributed by atoms with E-state index in [1.165, 1.54) is 0 Å². The molecule has 0 N–H and O–H groups in total. The molecule has 0 aliphatic heterocycles. The highest BCUT2D eigenvalue weighted by atomic mass is 19.1. The molecule has 0 unspecified atom stereocenters. The van der Waals surface area contributed by atoms with Gasteiger partial charge in [0.15, 0.2) is 0 Å². The van der Waals surface area contributed by atoms with E-state index in [0.717, 1.165) is 7.11 Å². The molecule has 7 nitrogen and oxygen atoms in total. The van der Waals surface area contributed by atoms with Crippen LogP contribution in [-0.4, -0.2) is 17.0 Å². The van der Waals surface area contributed by atoms with E-state index in [9.17, 15) is 24.6 Å². The molecule has 0 aliphatic carbocycles. The Hall–Kier alpha value is -2.25. The van der Waals surface area contributed by atoms with Crippen molar-refractivity contribution in [2.24, 2.45) is 0 Å². The summed E-state index contributed by atoms with van der Waals surface area (Å²) in [7, 11) is 1.03. The van der Waals surface area contributed by atoms with Crippen molar-refractivity contribution in [3.05, 3.63) is 38.2 Å². The lowest BCUT2D eigenvalue weighted by Gasteiger charge is -2.02. The van der Waals surface area contributed by atoms with Crippen molar-refractivity contribution in [1.29, 1.82) is 0 Å². The normalized spacial score (nSPS) is 9.73. The van der Waals surface area contributed by atoms with Crippen molar-refractivity contribution in [3.8, 4) is 5.75 Å². The second-order valence-electron chi connectivity index (χ2n) is 2.49. The van der Waals surface area contributed by atoms with Crippen molar-refractivity contribution in [2.45, 2.75) is 0 Å². The molecule has 0 bridgehead atoms. The number of ether oxygens (including phenoxy) is 1. The Morgan fingerprint density at radius 2 is 1.60 bits per heavy atom. The van der Waals surface area contributed by atoms with E-state index < -0.39 is 32.8 Å². The molecule has 0 radical (unpaired) electrons. The van der Waals surface area contributed by atoms with Gasteiger partial charge in [0.25, 0.3) is 5.75 Å². The lowest BCUT2D eigenvalue weighted by molar-refractivity contribution is -0.396. The third-order valence-electron chi connectivity index (χ3n) is 1.61. The van der Waals surface area contributed by atoms with Crippen molar-refractivity contribution >= 4 is 11.4 Å².